The number of hydrogen-bond acceptors (Lipinski definition) is 6. The van der Waals surface area contributed by atoms with Gasteiger partial charge < -0.3 is 15.2 Å². The lowest BCUT2D eigenvalue weighted by Gasteiger charge is -2.18. The molecule has 0 aliphatic rings. The normalized spacial score (nSPS) is 11.1. The zero-order chi connectivity index (χ0) is 20.9. The van der Waals surface area contributed by atoms with Gasteiger partial charge in [0.25, 0.3) is 5.91 Å². The molecule has 0 radical (unpaired) electrons. The van der Waals surface area contributed by atoms with E-state index in [-0.39, 0.29) is 30.3 Å². The molecule has 3 aromatic rings. The number of benzene rings is 1. The molecule has 8 nitrogen and oxygen atoms in total. The van der Waals surface area contributed by atoms with Crippen LogP contribution in [0.2, 0.25) is 0 Å². The molecule has 0 bridgehead atoms. The van der Waals surface area contributed by atoms with Gasteiger partial charge in [-0.15, -0.1) is 0 Å². The zero-order valence-corrected chi connectivity index (χ0v) is 16.6. The molecule has 1 aromatic carbocycles. The first-order valence-electron chi connectivity index (χ1n) is 9.25. The average molecular weight is 393 g/mol. The third-order valence-corrected chi connectivity index (χ3v) is 4.25. The number of nitrogens with zero attached hydrogens (tertiary/aromatic N) is 3. The Balaban J connectivity index is 1.51. The van der Waals surface area contributed by atoms with Crippen LogP contribution in [0.15, 0.2) is 53.3 Å². The van der Waals surface area contributed by atoms with Crippen molar-refractivity contribution in [3.8, 4) is 11.4 Å². The second kappa shape index (κ2) is 8.64. The minimum Gasteiger partial charge on any atom is -0.350 e. The second-order valence-electron chi connectivity index (χ2n) is 7.50. The van der Waals surface area contributed by atoms with E-state index in [1.165, 1.54) is 11.8 Å². The van der Waals surface area contributed by atoms with Gasteiger partial charge in [-0.05, 0) is 23.1 Å². The molecule has 0 fully saturated rings. The Labute approximate surface area is 168 Å². The van der Waals surface area contributed by atoms with Crippen LogP contribution < -0.4 is 10.6 Å². The van der Waals surface area contributed by atoms with Crippen molar-refractivity contribution in [1.29, 1.82) is 0 Å². The van der Waals surface area contributed by atoms with Gasteiger partial charge in [-0.25, -0.2) is 0 Å². The third kappa shape index (κ3) is 5.25. The number of rotatable bonds is 6. The smallest absolute Gasteiger partial charge is 0.316 e. The predicted molar refractivity (Wildman–Crippen MR) is 107 cm³/mol. The maximum Gasteiger partial charge on any atom is 0.316 e. The van der Waals surface area contributed by atoms with E-state index >= 15 is 0 Å². The molecule has 150 valence electrons. The largest absolute Gasteiger partial charge is 0.350 e. The van der Waals surface area contributed by atoms with E-state index in [0.717, 1.165) is 5.56 Å². The summed E-state index contributed by atoms with van der Waals surface area (Å²) < 4.78 is 5.06. The Hall–Kier alpha value is -3.55. The molecule has 0 saturated heterocycles. The van der Waals surface area contributed by atoms with E-state index in [0.29, 0.717) is 11.4 Å². The molecular formula is C21H23N5O3. The summed E-state index contributed by atoms with van der Waals surface area (Å²) in [5, 5.41) is 9.20. The van der Waals surface area contributed by atoms with E-state index < -0.39 is 5.91 Å². The number of nitrogens with one attached hydrogen (secondary N) is 2. The summed E-state index contributed by atoms with van der Waals surface area (Å²) in [6.07, 6.45) is 3.07. The van der Waals surface area contributed by atoms with E-state index in [1.54, 1.807) is 18.3 Å². The summed E-state index contributed by atoms with van der Waals surface area (Å²) in [4.78, 5) is 32.1. The van der Waals surface area contributed by atoms with Crippen LogP contribution >= 0.6 is 0 Å². The van der Waals surface area contributed by atoms with Crippen molar-refractivity contribution in [1.82, 2.24) is 25.8 Å². The van der Waals surface area contributed by atoms with Crippen LogP contribution in [0.25, 0.3) is 11.4 Å². The molecule has 0 aliphatic heterocycles. The van der Waals surface area contributed by atoms with Crippen LogP contribution in [0, 0.1) is 0 Å². The van der Waals surface area contributed by atoms with Gasteiger partial charge in [0.05, 0.1) is 5.56 Å². The highest BCUT2D eigenvalue weighted by molar-refractivity contribution is 5.94. The van der Waals surface area contributed by atoms with E-state index in [9.17, 15) is 9.59 Å². The molecule has 2 amide bonds. The number of hydrogen-bond donors (Lipinski definition) is 2. The summed E-state index contributed by atoms with van der Waals surface area (Å²) in [6, 6.07) is 11.2. The van der Waals surface area contributed by atoms with Gasteiger partial charge in [0.2, 0.25) is 5.82 Å². The van der Waals surface area contributed by atoms with Crippen molar-refractivity contribution >= 4 is 11.8 Å². The van der Waals surface area contributed by atoms with Crippen molar-refractivity contribution in [2.75, 3.05) is 13.1 Å². The molecule has 0 unspecified atom stereocenters. The van der Waals surface area contributed by atoms with Crippen molar-refractivity contribution in [2.45, 2.75) is 26.2 Å². The highest BCUT2D eigenvalue weighted by Gasteiger charge is 2.17. The Kier molecular flexibility index (Phi) is 6.01. The molecule has 2 heterocycles. The molecule has 8 heteroatoms. The molecule has 0 spiro atoms. The minimum atomic E-state index is -0.495. The predicted octanol–water partition coefficient (Wildman–Crippen LogP) is 2.59. The zero-order valence-electron chi connectivity index (χ0n) is 16.6. The van der Waals surface area contributed by atoms with Gasteiger partial charge in [-0.2, -0.15) is 4.98 Å². The topological polar surface area (TPSA) is 110 Å². The monoisotopic (exact) mass is 393 g/mol. The van der Waals surface area contributed by atoms with Gasteiger partial charge >= 0.3 is 11.8 Å². The maximum atomic E-state index is 12.2. The molecule has 0 aliphatic carbocycles. The summed E-state index contributed by atoms with van der Waals surface area (Å²) in [5.74, 6) is -0.532. The standard InChI is InChI=1S/C21H23N5O3/c1-21(2,3)16-8-6-14(7-9-16)17-25-20(29-26-17)19(28)24-12-11-23-18(27)15-5-4-10-22-13-15/h4-10,13H,11-12H2,1-3H3,(H,23,27)(H,24,28). The van der Waals surface area contributed by atoms with Crippen LogP contribution in [0.4, 0.5) is 0 Å². The summed E-state index contributed by atoms with van der Waals surface area (Å²) in [7, 11) is 0. The number of carbonyl (C=O) groups is 2. The first-order valence-corrected chi connectivity index (χ1v) is 9.25. The fourth-order valence-corrected chi connectivity index (χ4v) is 2.58. The van der Waals surface area contributed by atoms with Crippen molar-refractivity contribution < 1.29 is 14.1 Å². The highest BCUT2D eigenvalue weighted by atomic mass is 16.5. The van der Waals surface area contributed by atoms with Crippen LogP contribution in [0.3, 0.4) is 0 Å². The van der Waals surface area contributed by atoms with Gasteiger partial charge in [-0.1, -0.05) is 50.2 Å². The molecule has 29 heavy (non-hydrogen) atoms. The SMILES string of the molecule is CC(C)(C)c1ccc(-c2noc(C(=O)NCCNC(=O)c3cccnc3)n2)cc1. The lowest BCUT2D eigenvalue weighted by Crippen LogP contribution is -2.34. The minimum absolute atomic E-state index is 0.0489. The van der Waals surface area contributed by atoms with Crippen molar-refractivity contribution in [3.05, 3.63) is 65.8 Å². The summed E-state index contributed by atoms with van der Waals surface area (Å²) >= 11 is 0. The molecular weight excluding hydrogens is 370 g/mol. The first-order chi connectivity index (χ1) is 13.8. The Morgan fingerprint density at radius 1 is 1.00 bits per heavy atom. The maximum absolute atomic E-state index is 12.2. The number of aromatic nitrogens is 3. The van der Waals surface area contributed by atoms with Crippen molar-refractivity contribution in [3.63, 3.8) is 0 Å². The van der Waals surface area contributed by atoms with E-state index in [2.05, 4.69) is 46.5 Å². The van der Waals surface area contributed by atoms with Gasteiger partial charge in [0.1, 0.15) is 0 Å². The molecule has 2 N–H and O–H groups in total. The first kappa shape index (κ1) is 20.2. The molecule has 0 saturated carbocycles. The Bertz CT molecular complexity index is 976. The number of pyridine rings is 1. The average Bonchev–Trinajstić information content (AvgIpc) is 3.21. The lowest BCUT2D eigenvalue weighted by molar-refractivity contribution is 0.0898. The van der Waals surface area contributed by atoms with E-state index in [4.69, 9.17) is 4.52 Å². The van der Waals surface area contributed by atoms with Crippen molar-refractivity contribution in [2.24, 2.45) is 0 Å². The van der Waals surface area contributed by atoms with Crippen LogP contribution in [0.5, 0.6) is 0 Å². The lowest BCUT2D eigenvalue weighted by atomic mass is 9.87. The summed E-state index contributed by atoms with van der Waals surface area (Å²) in [6.45, 7) is 6.89. The number of amides is 2. The van der Waals surface area contributed by atoms with Crippen LogP contribution in [-0.4, -0.2) is 40.0 Å². The third-order valence-electron chi connectivity index (χ3n) is 4.25. The van der Waals surface area contributed by atoms with Gasteiger partial charge in [0, 0.05) is 31.0 Å². The fraction of sp³-hybridized carbons (Fsp3) is 0.286. The van der Waals surface area contributed by atoms with Crippen LogP contribution in [0.1, 0.15) is 47.4 Å². The van der Waals surface area contributed by atoms with Gasteiger partial charge in [-0.3, -0.25) is 14.6 Å². The fourth-order valence-electron chi connectivity index (χ4n) is 2.58. The number of carbonyl (C=O) groups excluding carboxylic acids is 2. The quantitative estimate of drug-likeness (QED) is 0.623. The highest BCUT2D eigenvalue weighted by Crippen LogP contribution is 2.24. The Morgan fingerprint density at radius 3 is 2.31 bits per heavy atom. The van der Waals surface area contributed by atoms with E-state index in [1.807, 2.05) is 24.3 Å². The Morgan fingerprint density at radius 2 is 1.69 bits per heavy atom. The second-order valence-corrected chi connectivity index (χ2v) is 7.50. The van der Waals surface area contributed by atoms with Crippen LogP contribution in [-0.2, 0) is 5.41 Å². The van der Waals surface area contributed by atoms with Gasteiger partial charge in [0.15, 0.2) is 0 Å². The molecule has 3 rings (SSSR count). The molecule has 2 aromatic heterocycles. The molecule has 0 atom stereocenters. The summed E-state index contributed by atoms with van der Waals surface area (Å²) in [5.41, 5.74) is 2.46.